The Balaban J connectivity index is 1.42. The number of carboxylic acids is 1. The van der Waals surface area contributed by atoms with Gasteiger partial charge in [0.05, 0.1) is 24.7 Å². The second kappa shape index (κ2) is 8.87. The van der Waals surface area contributed by atoms with Gasteiger partial charge in [0.25, 0.3) is 0 Å². The molecule has 5 rings (SSSR count). The number of aryl methyl sites for hydroxylation is 2. The molecule has 1 aliphatic carbocycles. The van der Waals surface area contributed by atoms with E-state index in [0.29, 0.717) is 18.1 Å². The lowest BCUT2D eigenvalue weighted by Crippen LogP contribution is -2.07. The van der Waals surface area contributed by atoms with Crippen molar-refractivity contribution in [2.24, 2.45) is 0 Å². The number of carboxylic acid groups (broad SMARTS) is 1. The quantitative estimate of drug-likeness (QED) is 0.512. The van der Waals surface area contributed by atoms with E-state index < -0.39 is 5.97 Å². The highest BCUT2D eigenvalue weighted by Gasteiger charge is 2.30. The third-order valence-electron chi connectivity index (χ3n) is 7.15. The fraction of sp³-hybridized carbons (Fsp3) is 0.310. The molecule has 0 bridgehead atoms. The number of fused-ring (bicyclic) bond motifs is 2. The van der Waals surface area contributed by atoms with Crippen molar-refractivity contribution in [1.82, 2.24) is 0 Å². The van der Waals surface area contributed by atoms with Crippen molar-refractivity contribution >= 4 is 5.97 Å². The maximum Gasteiger partial charge on any atom is 0.304 e. The number of nitrogens with zero attached hydrogens (tertiary/aromatic N) is 1. The first-order chi connectivity index (χ1) is 16.4. The Morgan fingerprint density at radius 2 is 1.88 bits per heavy atom. The van der Waals surface area contributed by atoms with Gasteiger partial charge in [-0.05, 0) is 78.6 Å². The SMILES string of the molecule is Cc1cccc(C)c1Cc1c(C#N)ccc2c1CC[C@H]2Oc1ccc2c(c1)OC[C@H]2CC(=O)O. The van der Waals surface area contributed by atoms with Crippen LogP contribution in [-0.2, 0) is 17.6 Å². The van der Waals surface area contributed by atoms with E-state index in [-0.39, 0.29) is 18.4 Å². The van der Waals surface area contributed by atoms with Gasteiger partial charge in [0.1, 0.15) is 17.6 Å². The lowest BCUT2D eigenvalue weighted by molar-refractivity contribution is -0.137. The third-order valence-corrected chi connectivity index (χ3v) is 7.15. The molecule has 5 nitrogen and oxygen atoms in total. The molecule has 3 aromatic rings. The molecule has 1 heterocycles. The molecule has 0 saturated carbocycles. The molecule has 1 N–H and O–H groups in total. The molecule has 2 aliphatic rings. The van der Waals surface area contributed by atoms with Gasteiger partial charge in [-0.15, -0.1) is 0 Å². The van der Waals surface area contributed by atoms with Crippen LogP contribution < -0.4 is 9.47 Å². The van der Waals surface area contributed by atoms with Gasteiger partial charge in [-0.2, -0.15) is 5.26 Å². The van der Waals surface area contributed by atoms with Crippen LogP contribution in [0.25, 0.3) is 0 Å². The summed E-state index contributed by atoms with van der Waals surface area (Å²) in [5, 5.41) is 18.9. The summed E-state index contributed by atoms with van der Waals surface area (Å²) in [7, 11) is 0. The number of aliphatic carboxylic acids is 1. The van der Waals surface area contributed by atoms with Crippen molar-refractivity contribution in [2.75, 3.05) is 6.61 Å². The number of ether oxygens (including phenoxy) is 2. The molecular formula is C29H27NO4. The Labute approximate surface area is 199 Å². The van der Waals surface area contributed by atoms with Gasteiger partial charge in [0, 0.05) is 17.5 Å². The molecule has 0 saturated heterocycles. The van der Waals surface area contributed by atoms with Crippen LogP contribution >= 0.6 is 0 Å². The zero-order valence-electron chi connectivity index (χ0n) is 19.4. The molecule has 34 heavy (non-hydrogen) atoms. The highest BCUT2D eigenvalue weighted by Crippen LogP contribution is 2.42. The third kappa shape index (κ3) is 4.01. The van der Waals surface area contributed by atoms with Crippen LogP contribution in [0.15, 0.2) is 48.5 Å². The highest BCUT2D eigenvalue weighted by atomic mass is 16.5. The molecule has 1 aliphatic heterocycles. The Kier molecular flexibility index (Phi) is 5.75. The zero-order valence-corrected chi connectivity index (χ0v) is 19.4. The number of hydrogen-bond donors (Lipinski definition) is 1. The van der Waals surface area contributed by atoms with Crippen molar-refractivity contribution in [3.8, 4) is 17.6 Å². The number of hydrogen-bond acceptors (Lipinski definition) is 4. The van der Waals surface area contributed by atoms with E-state index in [2.05, 4.69) is 38.1 Å². The first-order valence-electron chi connectivity index (χ1n) is 11.7. The van der Waals surface area contributed by atoms with Gasteiger partial charge in [0.15, 0.2) is 0 Å². The van der Waals surface area contributed by atoms with Gasteiger partial charge in [-0.1, -0.05) is 30.3 Å². The molecule has 3 aromatic carbocycles. The lowest BCUT2D eigenvalue weighted by Gasteiger charge is -2.18. The summed E-state index contributed by atoms with van der Waals surface area (Å²) in [4.78, 5) is 11.1. The predicted molar refractivity (Wildman–Crippen MR) is 128 cm³/mol. The minimum atomic E-state index is -0.822. The normalized spacial score (nSPS) is 18.0. The van der Waals surface area contributed by atoms with Crippen molar-refractivity contribution in [2.45, 2.75) is 51.6 Å². The molecule has 0 aromatic heterocycles. The average molecular weight is 454 g/mol. The molecular weight excluding hydrogens is 426 g/mol. The van der Waals surface area contributed by atoms with Crippen LogP contribution in [0.5, 0.6) is 11.5 Å². The zero-order chi connectivity index (χ0) is 23.8. The molecule has 0 radical (unpaired) electrons. The summed E-state index contributed by atoms with van der Waals surface area (Å²) in [6.07, 6.45) is 2.44. The van der Waals surface area contributed by atoms with Crippen molar-refractivity contribution in [3.63, 3.8) is 0 Å². The van der Waals surface area contributed by atoms with Crippen LogP contribution in [0.3, 0.4) is 0 Å². The summed E-state index contributed by atoms with van der Waals surface area (Å²) >= 11 is 0. The van der Waals surface area contributed by atoms with Gasteiger partial charge in [-0.3, -0.25) is 4.79 Å². The Bertz CT molecular complexity index is 1300. The van der Waals surface area contributed by atoms with E-state index >= 15 is 0 Å². The molecule has 0 amide bonds. The van der Waals surface area contributed by atoms with E-state index in [4.69, 9.17) is 14.6 Å². The standard InChI is InChI=1S/C29H27NO4/c1-17-4-3-5-18(2)25(17)14-26-19(15-30)6-8-24-23(26)10-11-27(24)34-21-7-9-22-20(12-29(31)32)16-33-28(22)13-21/h3-9,13,20,27H,10-12,14,16H2,1-2H3,(H,31,32)/t20-,27-/m1/s1. The Hall–Kier alpha value is -3.78. The first kappa shape index (κ1) is 22.0. The second-order valence-corrected chi connectivity index (χ2v) is 9.27. The lowest BCUT2D eigenvalue weighted by atomic mass is 9.89. The molecule has 0 fully saturated rings. The number of benzene rings is 3. The topological polar surface area (TPSA) is 79.5 Å². The predicted octanol–water partition coefficient (Wildman–Crippen LogP) is 5.78. The second-order valence-electron chi connectivity index (χ2n) is 9.27. The summed E-state index contributed by atoms with van der Waals surface area (Å²) < 4.78 is 12.1. The van der Waals surface area contributed by atoms with E-state index in [1.165, 1.54) is 22.3 Å². The van der Waals surface area contributed by atoms with Gasteiger partial charge < -0.3 is 14.6 Å². The summed E-state index contributed by atoms with van der Waals surface area (Å²) in [5.41, 5.74) is 8.91. The van der Waals surface area contributed by atoms with Crippen LogP contribution in [0, 0.1) is 25.2 Å². The summed E-state index contributed by atoms with van der Waals surface area (Å²) in [6.45, 7) is 4.64. The fourth-order valence-electron chi connectivity index (χ4n) is 5.35. The number of carbonyl (C=O) groups is 1. The molecule has 0 unspecified atom stereocenters. The molecule has 0 spiro atoms. The molecule has 5 heteroatoms. The van der Waals surface area contributed by atoms with Crippen molar-refractivity contribution < 1.29 is 19.4 Å². The van der Waals surface area contributed by atoms with Crippen molar-refractivity contribution in [3.05, 3.63) is 93.0 Å². The fourth-order valence-corrected chi connectivity index (χ4v) is 5.35. The van der Waals surface area contributed by atoms with Gasteiger partial charge in [0.2, 0.25) is 0 Å². The van der Waals surface area contributed by atoms with Gasteiger partial charge in [-0.25, -0.2) is 0 Å². The smallest absolute Gasteiger partial charge is 0.304 e. The van der Waals surface area contributed by atoms with E-state index in [1.54, 1.807) is 0 Å². The van der Waals surface area contributed by atoms with E-state index in [1.807, 2.05) is 30.3 Å². The minimum Gasteiger partial charge on any atom is -0.492 e. The summed E-state index contributed by atoms with van der Waals surface area (Å²) in [6, 6.07) is 18.4. The van der Waals surface area contributed by atoms with Gasteiger partial charge >= 0.3 is 5.97 Å². The maximum absolute atomic E-state index is 11.1. The minimum absolute atomic E-state index is 0.0631. The van der Waals surface area contributed by atoms with E-state index in [0.717, 1.165) is 41.5 Å². The summed E-state index contributed by atoms with van der Waals surface area (Å²) in [5.74, 6) is 0.481. The van der Waals surface area contributed by atoms with Crippen LogP contribution in [0.1, 0.15) is 69.4 Å². The molecule has 2 atom stereocenters. The molecule has 172 valence electrons. The van der Waals surface area contributed by atoms with Crippen LogP contribution in [-0.4, -0.2) is 17.7 Å². The van der Waals surface area contributed by atoms with E-state index in [9.17, 15) is 10.1 Å². The monoisotopic (exact) mass is 453 g/mol. The Morgan fingerprint density at radius 3 is 2.62 bits per heavy atom. The highest BCUT2D eigenvalue weighted by molar-refractivity contribution is 5.69. The largest absolute Gasteiger partial charge is 0.492 e. The van der Waals surface area contributed by atoms with Crippen LogP contribution in [0.2, 0.25) is 0 Å². The van der Waals surface area contributed by atoms with Crippen molar-refractivity contribution in [1.29, 1.82) is 5.26 Å². The first-order valence-corrected chi connectivity index (χ1v) is 11.7. The Morgan fingerprint density at radius 1 is 1.12 bits per heavy atom. The number of nitriles is 1. The average Bonchev–Trinajstić information content (AvgIpc) is 3.40. The number of rotatable bonds is 6. The maximum atomic E-state index is 11.1. The van der Waals surface area contributed by atoms with Crippen LogP contribution in [0.4, 0.5) is 0 Å².